The number of ketones is 1. The molecule has 0 aliphatic carbocycles. The van der Waals surface area contributed by atoms with E-state index < -0.39 is 28.5 Å². The molecular formula is C25H39N6O5. The molecule has 1 atom stereocenters. The Morgan fingerprint density at radius 2 is 1.69 bits per heavy atom. The number of hydrogen-bond acceptors (Lipinski definition) is 6. The molecule has 199 valence electrons. The van der Waals surface area contributed by atoms with Crippen LogP contribution in [0, 0.1) is 28.0 Å². The smallest absolute Gasteiger partial charge is 0.266 e. The maximum atomic E-state index is 13.0. The van der Waals surface area contributed by atoms with Crippen LogP contribution in [0.2, 0.25) is 0 Å². The molecular weight excluding hydrogens is 464 g/mol. The van der Waals surface area contributed by atoms with Crippen molar-refractivity contribution in [2.45, 2.75) is 84.2 Å². The van der Waals surface area contributed by atoms with Crippen molar-refractivity contribution in [2.75, 3.05) is 0 Å². The third-order valence-corrected chi connectivity index (χ3v) is 5.38. The van der Waals surface area contributed by atoms with Crippen molar-refractivity contribution in [2.24, 2.45) is 5.92 Å². The topological polar surface area (TPSA) is 166 Å². The Kier molecular flexibility index (Phi) is 13.8. The second-order valence-corrected chi connectivity index (χ2v) is 9.08. The van der Waals surface area contributed by atoms with Gasteiger partial charge in [0.05, 0.1) is 0 Å². The normalized spacial score (nSPS) is 12.3. The lowest BCUT2D eigenvalue weighted by atomic mass is 10.0. The van der Waals surface area contributed by atoms with Gasteiger partial charge in [0, 0.05) is 24.9 Å². The first-order chi connectivity index (χ1) is 17.1. The second-order valence-electron chi connectivity index (χ2n) is 9.08. The number of hydrogen-bond donors (Lipinski definition) is 5. The van der Waals surface area contributed by atoms with Crippen molar-refractivity contribution in [3.8, 4) is 0 Å². The molecule has 0 fully saturated rings. The van der Waals surface area contributed by atoms with E-state index in [2.05, 4.69) is 16.0 Å². The number of carbonyl (C=O) groups excluding carboxylic acids is 3. The fourth-order valence-electron chi connectivity index (χ4n) is 3.60. The summed E-state index contributed by atoms with van der Waals surface area (Å²) < 4.78 is 0. The molecule has 0 aliphatic rings. The number of benzene rings is 1. The number of carbonyl (C=O) groups is 3. The Bertz CT molecular complexity index is 877. The predicted octanol–water partition coefficient (Wildman–Crippen LogP) is 3.45. The van der Waals surface area contributed by atoms with Crippen molar-refractivity contribution in [1.82, 2.24) is 21.4 Å². The molecule has 1 aromatic carbocycles. The molecule has 1 rings (SSSR count). The largest absolute Gasteiger partial charge is 0.348 e. The van der Waals surface area contributed by atoms with Gasteiger partial charge in [0.1, 0.15) is 0 Å². The minimum Gasteiger partial charge on any atom is -0.348 e. The van der Waals surface area contributed by atoms with Crippen molar-refractivity contribution in [3.05, 3.63) is 52.6 Å². The molecule has 5 N–H and O–H groups in total. The molecule has 11 heteroatoms. The molecule has 0 heterocycles. The van der Waals surface area contributed by atoms with Crippen LogP contribution in [-0.4, -0.2) is 34.3 Å². The maximum absolute atomic E-state index is 13.0. The van der Waals surface area contributed by atoms with Crippen LogP contribution in [0.3, 0.4) is 0 Å². The zero-order chi connectivity index (χ0) is 27.0. The van der Waals surface area contributed by atoms with E-state index >= 15 is 0 Å². The standard InChI is InChI=1S/C25H39N6O5/c1-4-17-25(29-24(26)30-31(35)36,23(34)27-18-16-19(2)3)28-22(33)15-11-6-5-10-14-21(32)20-12-8-7-9-13-20/h7-9,12-13,18-19H,4-6,10-11,14-17H2,1-3H3,(H,27,34)(H,28,33)(H3,26,29,30)/t25-/m1/s1. The summed E-state index contributed by atoms with van der Waals surface area (Å²) in [5.74, 6) is -1.34. The molecule has 0 spiro atoms. The molecule has 11 nitrogen and oxygen atoms in total. The van der Waals surface area contributed by atoms with Crippen molar-refractivity contribution < 1.29 is 19.4 Å². The summed E-state index contributed by atoms with van der Waals surface area (Å²) >= 11 is 0. The highest BCUT2D eigenvalue weighted by Crippen LogP contribution is 2.14. The van der Waals surface area contributed by atoms with Gasteiger partial charge in [-0.15, -0.1) is 0 Å². The van der Waals surface area contributed by atoms with E-state index in [0.29, 0.717) is 43.6 Å². The molecule has 36 heavy (non-hydrogen) atoms. The highest BCUT2D eigenvalue weighted by molar-refractivity contribution is 5.96. The lowest BCUT2D eigenvalue weighted by molar-refractivity contribution is -0.526. The van der Waals surface area contributed by atoms with Crippen molar-refractivity contribution in [1.29, 1.82) is 5.41 Å². The Morgan fingerprint density at radius 3 is 2.28 bits per heavy atom. The minimum absolute atomic E-state index is 0.0924. The average Bonchev–Trinajstić information content (AvgIpc) is 2.80. The molecule has 0 aromatic heterocycles. The SMILES string of the molecule is CCC[C@](NC(=N)N[N+](=O)[O-])(NC(=O)CCCCCCC(=O)c1ccccc1)C(=O)N[CH]CC(C)C. The summed E-state index contributed by atoms with van der Waals surface area (Å²) in [7, 11) is 0. The Morgan fingerprint density at radius 1 is 1.06 bits per heavy atom. The summed E-state index contributed by atoms with van der Waals surface area (Å²) in [5.41, 5.74) is 0.643. The predicted molar refractivity (Wildman–Crippen MR) is 137 cm³/mol. The number of nitrogens with one attached hydrogen (secondary N) is 5. The average molecular weight is 504 g/mol. The number of nitrogens with zero attached hydrogens (tertiary/aromatic N) is 1. The third kappa shape index (κ3) is 11.8. The van der Waals surface area contributed by atoms with Crippen molar-refractivity contribution in [3.63, 3.8) is 0 Å². The molecule has 0 unspecified atom stereocenters. The maximum Gasteiger partial charge on any atom is 0.266 e. The highest BCUT2D eigenvalue weighted by Gasteiger charge is 2.40. The third-order valence-electron chi connectivity index (χ3n) is 5.38. The van der Waals surface area contributed by atoms with Crippen LogP contribution in [0.1, 0.15) is 88.9 Å². The number of hydrazine groups is 1. The number of rotatable bonds is 17. The summed E-state index contributed by atoms with van der Waals surface area (Å²) in [6, 6.07) is 9.11. The van der Waals surface area contributed by atoms with E-state index in [-0.39, 0.29) is 18.6 Å². The molecule has 0 saturated heterocycles. The van der Waals surface area contributed by atoms with Gasteiger partial charge in [0.2, 0.25) is 5.91 Å². The molecule has 0 saturated carbocycles. The summed E-state index contributed by atoms with van der Waals surface area (Å²) in [6.45, 7) is 7.34. The van der Waals surface area contributed by atoms with Gasteiger partial charge in [-0.1, -0.05) is 75.8 Å². The zero-order valence-corrected chi connectivity index (χ0v) is 21.4. The van der Waals surface area contributed by atoms with E-state index in [1.54, 1.807) is 31.0 Å². The first-order valence-corrected chi connectivity index (χ1v) is 12.4. The lowest BCUT2D eigenvalue weighted by Crippen LogP contribution is -2.69. The van der Waals surface area contributed by atoms with Gasteiger partial charge in [0.25, 0.3) is 11.9 Å². The summed E-state index contributed by atoms with van der Waals surface area (Å²) in [4.78, 5) is 48.7. The van der Waals surface area contributed by atoms with E-state index in [9.17, 15) is 24.5 Å². The monoisotopic (exact) mass is 503 g/mol. The van der Waals surface area contributed by atoms with Gasteiger partial charge in [-0.05, 0) is 31.6 Å². The van der Waals surface area contributed by atoms with Crippen molar-refractivity contribution >= 4 is 23.6 Å². The Balaban J connectivity index is 2.65. The fourth-order valence-corrected chi connectivity index (χ4v) is 3.60. The number of amides is 2. The van der Waals surface area contributed by atoms with Crippen LogP contribution in [0.25, 0.3) is 0 Å². The fraction of sp³-hybridized carbons (Fsp3) is 0.560. The molecule has 1 aromatic rings. The van der Waals surface area contributed by atoms with Crippen LogP contribution >= 0.6 is 0 Å². The number of nitro groups is 1. The van der Waals surface area contributed by atoms with Crippen LogP contribution in [0.4, 0.5) is 0 Å². The van der Waals surface area contributed by atoms with Gasteiger partial charge in [0.15, 0.2) is 16.5 Å². The van der Waals surface area contributed by atoms with E-state index in [4.69, 9.17) is 5.41 Å². The molecule has 1 radical (unpaired) electrons. The summed E-state index contributed by atoms with van der Waals surface area (Å²) in [6.07, 6.45) is 4.54. The zero-order valence-electron chi connectivity index (χ0n) is 21.4. The Hall–Kier alpha value is -3.50. The van der Waals surface area contributed by atoms with E-state index in [0.717, 1.165) is 12.8 Å². The number of guanidine groups is 1. The van der Waals surface area contributed by atoms with Crippen LogP contribution < -0.4 is 21.4 Å². The quantitative estimate of drug-likeness (QED) is 0.0413. The number of unbranched alkanes of at least 4 members (excludes halogenated alkanes) is 3. The summed E-state index contributed by atoms with van der Waals surface area (Å²) in [5, 5.41) is 25.4. The molecule has 0 bridgehead atoms. The number of Topliss-reactive ketones (excluding diaryl/α,β-unsaturated/α-hetero) is 1. The van der Waals surface area contributed by atoms with E-state index in [1.807, 2.05) is 32.0 Å². The van der Waals surface area contributed by atoms with Gasteiger partial charge in [-0.2, -0.15) is 0 Å². The van der Waals surface area contributed by atoms with Gasteiger partial charge < -0.3 is 16.0 Å². The molecule has 0 aliphatic heterocycles. The lowest BCUT2D eigenvalue weighted by Gasteiger charge is -2.34. The van der Waals surface area contributed by atoms with Gasteiger partial charge in [-0.25, -0.2) is 10.1 Å². The first-order valence-electron chi connectivity index (χ1n) is 12.4. The minimum atomic E-state index is -1.72. The first kappa shape index (κ1) is 30.5. The van der Waals surface area contributed by atoms with Crippen LogP contribution in [0.5, 0.6) is 0 Å². The van der Waals surface area contributed by atoms with E-state index in [1.165, 1.54) is 0 Å². The Labute approximate surface area is 212 Å². The van der Waals surface area contributed by atoms with Gasteiger partial charge >= 0.3 is 0 Å². The molecule has 2 amide bonds. The van der Waals surface area contributed by atoms with Crippen LogP contribution in [-0.2, 0) is 9.59 Å². The second kappa shape index (κ2) is 16.2. The van der Waals surface area contributed by atoms with Crippen LogP contribution in [0.15, 0.2) is 30.3 Å². The van der Waals surface area contributed by atoms with Gasteiger partial charge in [-0.3, -0.25) is 19.8 Å². The highest BCUT2D eigenvalue weighted by atomic mass is 16.7.